The average Bonchev–Trinajstić information content (AvgIpc) is 3.28. The number of aromatic nitrogens is 2. The lowest BCUT2D eigenvalue weighted by Crippen LogP contribution is -2.20. The van der Waals surface area contributed by atoms with Gasteiger partial charge in [-0.2, -0.15) is 5.10 Å². The number of halogens is 1. The van der Waals surface area contributed by atoms with Gasteiger partial charge in [-0.25, -0.2) is 17.9 Å². The molecule has 3 N–H and O–H groups in total. The molecule has 4 rings (SSSR count). The lowest BCUT2D eigenvalue weighted by molar-refractivity contribution is 0.101. The average molecular weight is 416 g/mol. The van der Waals surface area contributed by atoms with E-state index in [4.69, 9.17) is 5.14 Å². The van der Waals surface area contributed by atoms with Crippen LogP contribution in [0.15, 0.2) is 47.4 Å². The number of hydrogen-bond acceptors (Lipinski definition) is 4. The lowest BCUT2D eigenvalue weighted by atomic mass is 10.1. The number of nitrogens with one attached hydrogen (secondary N) is 1. The van der Waals surface area contributed by atoms with E-state index in [2.05, 4.69) is 10.4 Å². The van der Waals surface area contributed by atoms with Crippen molar-refractivity contribution in [1.82, 2.24) is 9.78 Å². The van der Waals surface area contributed by atoms with Crippen LogP contribution in [0.25, 0.3) is 10.9 Å². The summed E-state index contributed by atoms with van der Waals surface area (Å²) in [7, 11) is -3.89. The molecule has 9 heteroatoms. The van der Waals surface area contributed by atoms with E-state index >= 15 is 0 Å². The second-order valence-corrected chi connectivity index (χ2v) is 8.93. The third-order valence-corrected chi connectivity index (χ3v) is 6.15. The maximum Gasteiger partial charge on any atom is 0.274 e. The van der Waals surface area contributed by atoms with Crippen LogP contribution in [0.3, 0.4) is 0 Å². The van der Waals surface area contributed by atoms with Gasteiger partial charge in [0.2, 0.25) is 10.0 Å². The van der Waals surface area contributed by atoms with E-state index in [1.54, 1.807) is 16.8 Å². The van der Waals surface area contributed by atoms with Gasteiger partial charge in [-0.15, -0.1) is 0 Å². The molecule has 1 saturated carbocycles. The van der Waals surface area contributed by atoms with Crippen LogP contribution in [0.5, 0.6) is 0 Å². The van der Waals surface area contributed by atoms with Crippen molar-refractivity contribution in [3.63, 3.8) is 0 Å². The number of sulfonamides is 1. The summed E-state index contributed by atoms with van der Waals surface area (Å²) in [6, 6.07) is 9.87. The monoisotopic (exact) mass is 416 g/mol. The van der Waals surface area contributed by atoms with Crippen LogP contribution in [0.1, 0.15) is 36.2 Å². The zero-order chi connectivity index (χ0) is 20.6. The normalized spacial score (nSPS) is 15.1. The van der Waals surface area contributed by atoms with Crippen molar-refractivity contribution < 1.29 is 17.6 Å². The van der Waals surface area contributed by atoms with Crippen LogP contribution >= 0.6 is 0 Å². The molecule has 7 nitrogen and oxygen atoms in total. The molecule has 0 aliphatic heterocycles. The summed E-state index contributed by atoms with van der Waals surface area (Å²) in [5, 5.41) is 12.9. The third-order valence-electron chi connectivity index (χ3n) is 5.24. The SMILES string of the molecule is NS(=O)(=O)c1cccc(NC(=O)c2c3ccc(F)cc3nn2CC2CCCC2)c1. The lowest BCUT2D eigenvalue weighted by Gasteiger charge is -2.13. The molecule has 152 valence electrons. The van der Waals surface area contributed by atoms with Gasteiger partial charge in [-0.3, -0.25) is 9.48 Å². The van der Waals surface area contributed by atoms with Crippen LogP contribution < -0.4 is 10.5 Å². The molecule has 2 aromatic carbocycles. The zero-order valence-corrected chi connectivity index (χ0v) is 16.5. The van der Waals surface area contributed by atoms with Crippen LogP contribution in [0, 0.1) is 11.7 Å². The quantitative estimate of drug-likeness (QED) is 0.666. The highest BCUT2D eigenvalue weighted by atomic mass is 32.2. The van der Waals surface area contributed by atoms with Gasteiger partial charge in [0, 0.05) is 23.7 Å². The molecule has 0 atom stereocenters. The van der Waals surface area contributed by atoms with Crippen LogP contribution in [-0.4, -0.2) is 24.1 Å². The number of primary sulfonamides is 1. The molecule has 1 heterocycles. The molecule has 0 unspecified atom stereocenters. The van der Waals surface area contributed by atoms with Crippen molar-refractivity contribution in [3.8, 4) is 0 Å². The molecule has 0 spiro atoms. The summed E-state index contributed by atoms with van der Waals surface area (Å²) in [5.74, 6) is -0.439. The number of fused-ring (bicyclic) bond motifs is 1. The zero-order valence-electron chi connectivity index (χ0n) is 15.6. The Morgan fingerprint density at radius 3 is 2.69 bits per heavy atom. The number of carbonyl (C=O) groups is 1. The van der Waals surface area contributed by atoms with Crippen molar-refractivity contribution in [1.29, 1.82) is 0 Å². The van der Waals surface area contributed by atoms with E-state index in [1.165, 1.54) is 30.3 Å². The summed E-state index contributed by atoms with van der Waals surface area (Å²) in [5.41, 5.74) is 1.03. The summed E-state index contributed by atoms with van der Waals surface area (Å²) in [6.07, 6.45) is 4.45. The summed E-state index contributed by atoms with van der Waals surface area (Å²) in [4.78, 5) is 13.0. The molecule has 1 aromatic heterocycles. The van der Waals surface area contributed by atoms with Gasteiger partial charge in [-0.05, 0) is 49.1 Å². The van der Waals surface area contributed by atoms with E-state index in [1.807, 2.05) is 0 Å². The van der Waals surface area contributed by atoms with Crippen molar-refractivity contribution in [2.75, 3.05) is 5.32 Å². The first-order chi connectivity index (χ1) is 13.8. The van der Waals surface area contributed by atoms with Gasteiger partial charge in [0.15, 0.2) is 0 Å². The highest BCUT2D eigenvalue weighted by Crippen LogP contribution is 2.29. The molecule has 0 bridgehead atoms. The maximum absolute atomic E-state index is 13.7. The number of hydrogen-bond donors (Lipinski definition) is 2. The first kappa shape index (κ1) is 19.5. The van der Waals surface area contributed by atoms with Gasteiger partial charge in [0.05, 0.1) is 10.4 Å². The fourth-order valence-electron chi connectivity index (χ4n) is 3.86. The molecule has 1 amide bonds. The fraction of sp³-hybridized carbons (Fsp3) is 0.300. The topological polar surface area (TPSA) is 107 Å². The minimum Gasteiger partial charge on any atom is -0.321 e. The van der Waals surface area contributed by atoms with Crippen LogP contribution in [0.2, 0.25) is 0 Å². The summed E-state index contributed by atoms with van der Waals surface area (Å²) in [6.45, 7) is 0.580. The van der Waals surface area contributed by atoms with E-state index < -0.39 is 21.7 Å². The highest BCUT2D eigenvalue weighted by Gasteiger charge is 2.23. The molecule has 0 radical (unpaired) electrons. The first-order valence-corrected chi connectivity index (χ1v) is 11.0. The Balaban J connectivity index is 1.70. The van der Waals surface area contributed by atoms with Crippen molar-refractivity contribution in [3.05, 3.63) is 54.0 Å². The number of benzene rings is 2. The van der Waals surface area contributed by atoms with Crippen LogP contribution in [0.4, 0.5) is 10.1 Å². The number of rotatable bonds is 5. The Morgan fingerprint density at radius 2 is 1.97 bits per heavy atom. The second-order valence-electron chi connectivity index (χ2n) is 7.37. The number of nitrogens with two attached hydrogens (primary N) is 1. The van der Waals surface area contributed by atoms with Gasteiger partial charge in [0.1, 0.15) is 11.5 Å². The van der Waals surface area contributed by atoms with Gasteiger partial charge in [0.25, 0.3) is 5.91 Å². The van der Waals surface area contributed by atoms with E-state index in [0.717, 1.165) is 25.7 Å². The van der Waals surface area contributed by atoms with Crippen LogP contribution in [-0.2, 0) is 16.6 Å². The molecule has 0 saturated heterocycles. The van der Waals surface area contributed by atoms with Crippen molar-refractivity contribution >= 4 is 32.5 Å². The molecule has 3 aromatic rings. The Labute approximate surface area is 167 Å². The smallest absolute Gasteiger partial charge is 0.274 e. The van der Waals surface area contributed by atoms with Gasteiger partial charge in [-0.1, -0.05) is 18.9 Å². The molecule has 1 fully saturated rings. The molecule has 1 aliphatic carbocycles. The third kappa shape index (κ3) is 4.15. The van der Waals surface area contributed by atoms with Gasteiger partial charge < -0.3 is 5.32 Å². The van der Waals surface area contributed by atoms with Gasteiger partial charge >= 0.3 is 0 Å². The fourth-order valence-corrected chi connectivity index (χ4v) is 4.42. The van der Waals surface area contributed by atoms with E-state index in [9.17, 15) is 17.6 Å². The molecule has 1 aliphatic rings. The Morgan fingerprint density at radius 1 is 1.21 bits per heavy atom. The standard InChI is InChI=1S/C20H21FN4O3S/c21-14-8-9-17-18(10-14)24-25(12-13-4-1-2-5-13)19(17)20(26)23-15-6-3-7-16(11-15)29(22,27)28/h3,6-11,13H,1-2,4-5,12H2,(H,23,26)(H2,22,27,28). The molecular formula is C20H21FN4O3S. The Bertz CT molecular complexity index is 1180. The maximum atomic E-state index is 13.7. The molecular weight excluding hydrogens is 395 g/mol. The Kier molecular flexibility index (Phi) is 5.10. The number of carbonyl (C=O) groups excluding carboxylic acids is 1. The second kappa shape index (κ2) is 7.57. The minimum atomic E-state index is -3.89. The van der Waals surface area contributed by atoms with Crippen molar-refractivity contribution in [2.24, 2.45) is 11.1 Å². The van der Waals surface area contributed by atoms with E-state index in [-0.39, 0.29) is 4.90 Å². The largest absolute Gasteiger partial charge is 0.321 e. The van der Waals surface area contributed by atoms with Crippen molar-refractivity contribution in [2.45, 2.75) is 37.1 Å². The predicted molar refractivity (Wildman–Crippen MR) is 107 cm³/mol. The molecule has 29 heavy (non-hydrogen) atoms. The number of amides is 1. The van der Waals surface area contributed by atoms with E-state index in [0.29, 0.717) is 34.7 Å². The highest BCUT2D eigenvalue weighted by molar-refractivity contribution is 7.89. The number of nitrogens with zero attached hydrogens (tertiary/aromatic N) is 2. The summed E-state index contributed by atoms with van der Waals surface area (Å²) < 4.78 is 38.4. The summed E-state index contributed by atoms with van der Waals surface area (Å²) >= 11 is 0. The number of anilines is 1. The minimum absolute atomic E-state index is 0.0957. The first-order valence-electron chi connectivity index (χ1n) is 9.41. The predicted octanol–water partition coefficient (Wildman–Crippen LogP) is 3.27. The Hall–Kier alpha value is -2.78.